The molecule has 6 rings (SSSR count). The second-order valence-corrected chi connectivity index (χ2v) is 12.6. The molecule has 1 spiro atoms. The van der Waals surface area contributed by atoms with Crippen molar-refractivity contribution in [2.75, 3.05) is 18.6 Å². The number of esters is 1. The highest BCUT2D eigenvalue weighted by Crippen LogP contribution is 2.54. The van der Waals surface area contributed by atoms with Crippen molar-refractivity contribution in [2.24, 2.45) is 4.99 Å². The molecular weight excluding hydrogens is 572 g/mol. The zero-order valence-corrected chi connectivity index (χ0v) is 27.2. The molecule has 0 aliphatic carbocycles. The van der Waals surface area contributed by atoms with E-state index in [1.807, 2.05) is 60.8 Å². The number of rotatable bonds is 11. The van der Waals surface area contributed by atoms with E-state index in [9.17, 15) is 4.79 Å². The Labute approximate surface area is 272 Å². The van der Waals surface area contributed by atoms with E-state index in [2.05, 4.69) is 68.1 Å². The van der Waals surface area contributed by atoms with Gasteiger partial charge in [-0.3, -0.25) is 4.99 Å². The topological polar surface area (TPSA) is 60.4 Å². The van der Waals surface area contributed by atoms with Gasteiger partial charge in [0.1, 0.15) is 17.2 Å². The third-order valence-corrected chi connectivity index (χ3v) is 9.14. The number of ether oxygens (including phenoxy) is 3. The normalized spacial score (nSPS) is 17.5. The maximum absolute atomic E-state index is 13.1. The van der Waals surface area contributed by atoms with Crippen molar-refractivity contribution in [1.29, 1.82) is 0 Å². The molecular formula is C40H42N2O4. The van der Waals surface area contributed by atoms with Crippen LogP contribution >= 0.6 is 0 Å². The fraction of sp³-hybridized carbons (Fsp3) is 0.300. The lowest BCUT2D eigenvalue weighted by Crippen LogP contribution is -2.58. The molecule has 0 saturated heterocycles. The van der Waals surface area contributed by atoms with E-state index in [0.717, 1.165) is 47.0 Å². The molecule has 0 saturated carbocycles. The first-order chi connectivity index (χ1) is 22.3. The number of hydrogen-bond acceptors (Lipinski definition) is 6. The predicted octanol–water partition coefficient (Wildman–Crippen LogP) is 9.54. The Morgan fingerprint density at radius 1 is 0.891 bits per heavy atom. The van der Waals surface area contributed by atoms with Gasteiger partial charge in [-0.2, -0.15) is 0 Å². The molecule has 4 aromatic rings. The highest BCUT2D eigenvalue weighted by atomic mass is 16.5. The Morgan fingerprint density at radius 3 is 2.39 bits per heavy atom. The first-order valence-electron chi connectivity index (χ1n) is 16.3. The number of unbranched alkanes of at least 4 members (excludes halogenated alkanes) is 4. The first-order valence-corrected chi connectivity index (χ1v) is 16.3. The smallest absolute Gasteiger partial charge is 0.343 e. The van der Waals surface area contributed by atoms with Crippen molar-refractivity contribution in [2.45, 2.75) is 64.0 Å². The molecule has 46 heavy (non-hydrogen) atoms. The highest BCUT2D eigenvalue weighted by Gasteiger charge is 2.57. The van der Waals surface area contributed by atoms with Crippen molar-refractivity contribution in [3.05, 3.63) is 119 Å². The zero-order chi connectivity index (χ0) is 32.1. The summed E-state index contributed by atoms with van der Waals surface area (Å²) in [4.78, 5) is 19.8. The van der Waals surface area contributed by atoms with Crippen molar-refractivity contribution >= 4 is 29.6 Å². The molecule has 0 amide bonds. The second kappa shape index (κ2) is 13.3. The first kappa shape index (κ1) is 31.2. The van der Waals surface area contributed by atoms with E-state index in [1.165, 1.54) is 31.2 Å². The summed E-state index contributed by atoms with van der Waals surface area (Å²) < 4.78 is 18.3. The number of aliphatic imine (C=N–C) groups is 1. The molecule has 6 heteroatoms. The fourth-order valence-electron chi connectivity index (χ4n) is 6.37. The van der Waals surface area contributed by atoms with Gasteiger partial charge in [-0.1, -0.05) is 50.8 Å². The van der Waals surface area contributed by atoms with Crippen molar-refractivity contribution in [3.8, 4) is 17.2 Å². The number of nitrogens with zero attached hydrogens (tertiary/aromatic N) is 2. The molecule has 0 radical (unpaired) electrons. The van der Waals surface area contributed by atoms with Crippen molar-refractivity contribution < 1.29 is 19.0 Å². The molecule has 236 valence electrons. The van der Waals surface area contributed by atoms with Crippen LogP contribution < -0.4 is 19.1 Å². The third kappa shape index (κ3) is 6.17. The number of fused-ring (bicyclic) bond motifs is 2. The summed E-state index contributed by atoms with van der Waals surface area (Å²) in [6, 6.07) is 29.0. The largest absolute Gasteiger partial charge is 0.494 e. The minimum Gasteiger partial charge on any atom is -0.494 e. The van der Waals surface area contributed by atoms with Crippen LogP contribution in [0.4, 0.5) is 11.4 Å². The minimum atomic E-state index is -0.666. The van der Waals surface area contributed by atoms with E-state index in [1.54, 1.807) is 18.2 Å². The predicted molar refractivity (Wildman–Crippen MR) is 186 cm³/mol. The molecule has 0 bridgehead atoms. The van der Waals surface area contributed by atoms with Gasteiger partial charge in [-0.15, -0.1) is 0 Å². The van der Waals surface area contributed by atoms with Gasteiger partial charge in [-0.05, 0) is 116 Å². The molecule has 1 atom stereocenters. The number of likely N-dealkylation sites (N-methyl/N-ethyl adjacent to an activating group) is 1. The molecule has 4 aromatic carbocycles. The average molecular weight is 615 g/mol. The summed E-state index contributed by atoms with van der Waals surface area (Å²) in [5.74, 6) is 1.63. The maximum Gasteiger partial charge on any atom is 0.343 e. The van der Waals surface area contributed by atoms with Crippen LogP contribution in [0.15, 0.2) is 102 Å². The van der Waals surface area contributed by atoms with Crippen LogP contribution in [0.3, 0.4) is 0 Å². The maximum atomic E-state index is 13.1. The van der Waals surface area contributed by atoms with Crippen LogP contribution in [0, 0.1) is 0 Å². The van der Waals surface area contributed by atoms with Gasteiger partial charge < -0.3 is 19.1 Å². The standard InChI is InChI=1S/C40H42N2O4/c1-5-6-7-8-11-26-44-33-19-14-29(15-20-33)28-41-32-17-21-34(22-18-32)45-38(43)31-16-23-37-30(27-31)24-25-40(46-37)39(2,3)35-12-9-10-13-36(35)42(40)4/h9-10,12-25,27-28H,5-8,11,26H2,1-4H3/t40-/m1/s1. The molecule has 6 nitrogen and oxygen atoms in total. The Bertz CT molecular complexity index is 1740. The highest BCUT2D eigenvalue weighted by molar-refractivity contribution is 5.92. The van der Waals surface area contributed by atoms with Gasteiger partial charge >= 0.3 is 5.97 Å². The Kier molecular flexibility index (Phi) is 8.98. The van der Waals surface area contributed by atoms with Crippen molar-refractivity contribution in [1.82, 2.24) is 0 Å². The van der Waals surface area contributed by atoms with E-state index < -0.39 is 11.7 Å². The second-order valence-electron chi connectivity index (χ2n) is 12.6. The summed E-state index contributed by atoms with van der Waals surface area (Å²) in [6.45, 7) is 7.38. The Hall–Kier alpha value is -4.84. The van der Waals surface area contributed by atoms with Crippen LogP contribution in [0.5, 0.6) is 17.2 Å². The molecule has 0 unspecified atom stereocenters. The summed E-state index contributed by atoms with van der Waals surface area (Å²) in [5, 5.41) is 0. The van der Waals surface area contributed by atoms with E-state index in [0.29, 0.717) is 11.3 Å². The van der Waals surface area contributed by atoms with Gasteiger partial charge in [0.15, 0.2) is 0 Å². The van der Waals surface area contributed by atoms with E-state index in [-0.39, 0.29) is 5.41 Å². The summed E-state index contributed by atoms with van der Waals surface area (Å²) in [5.41, 5.74) is 4.48. The van der Waals surface area contributed by atoms with Gasteiger partial charge in [0.05, 0.1) is 23.3 Å². The summed E-state index contributed by atoms with van der Waals surface area (Å²) in [6.07, 6.45) is 12.1. The average Bonchev–Trinajstić information content (AvgIpc) is 3.24. The molecule has 0 fully saturated rings. The number of para-hydroxylation sites is 1. The lowest BCUT2D eigenvalue weighted by molar-refractivity contribution is 0.0581. The molecule has 0 N–H and O–H groups in total. The molecule has 0 aromatic heterocycles. The third-order valence-electron chi connectivity index (χ3n) is 9.14. The number of carbonyl (C=O) groups excluding carboxylic acids is 1. The van der Waals surface area contributed by atoms with E-state index in [4.69, 9.17) is 14.2 Å². The van der Waals surface area contributed by atoms with Crippen LogP contribution in [-0.2, 0) is 5.41 Å². The quantitative estimate of drug-likeness (QED) is 0.0729. The molecule has 2 aliphatic heterocycles. The van der Waals surface area contributed by atoms with Crippen LogP contribution in [0.2, 0.25) is 0 Å². The van der Waals surface area contributed by atoms with Crippen LogP contribution in [-0.4, -0.2) is 31.6 Å². The zero-order valence-electron chi connectivity index (χ0n) is 27.2. The van der Waals surface area contributed by atoms with E-state index >= 15 is 0 Å². The fourth-order valence-corrected chi connectivity index (χ4v) is 6.37. The minimum absolute atomic E-state index is 0.285. The van der Waals surface area contributed by atoms with Crippen LogP contribution in [0.25, 0.3) is 6.08 Å². The number of carbonyl (C=O) groups is 1. The lowest BCUT2D eigenvalue weighted by Gasteiger charge is -2.45. The van der Waals surface area contributed by atoms with Crippen molar-refractivity contribution in [3.63, 3.8) is 0 Å². The number of benzene rings is 4. The molecule has 2 aliphatic rings. The Balaban J connectivity index is 1.04. The van der Waals surface area contributed by atoms with Gasteiger partial charge in [0, 0.05) is 24.5 Å². The van der Waals surface area contributed by atoms with Crippen LogP contribution in [0.1, 0.15) is 79.9 Å². The number of anilines is 1. The SMILES string of the molecule is CCCCCCCOc1ccc(C=Nc2ccc(OC(=O)c3ccc4c(c3)C=C[C@]3(O4)N(C)c4ccccc4C3(C)C)cc2)cc1. The lowest BCUT2D eigenvalue weighted by atomic mass is 9.76. The molecule has 2 heterocycles. The number of hydrogen-bond donors (Lipinski definition) is 0. The van der Waals surface area contributed by atoms with Gasteiger partial charge in [0.25, 0.3) is 0 Å². The monoisotopic (exact) mass is 614 g/mol. The Morgan fingerprint density at radius 2 is 1.63 bits per heavy atom. The summed E-state index contributed by atoms with van der Waals surface area (Å²) >= 11 is 0. The van der Waals surface area contributed by atoms with Gasteiger partial charge in [0.2, 0.25) is 5.72 Å². The summed E-state index contributed by atoms with van der Waals surface area (Å²) in [7, 11) is 2.06. The van der Waals surface area contributed by atoms with Gasteiger partial charge in [-0.25, -0.2) is 4.79 Å².